The molecule has 4 nitrogen and oxygen atoms in total. The summed E-state index contributed by atoms with van der Waals surface area (Å²) in [5, 5.41) is 6.29. The van der Waals surface area contributed by atoms with Gasteiger partial charge in [-0.2, -0.15) is 0 Å². The molecule has 2 saturated carbocycles. The topological polar surface area (TPSA) is 50.4 Å². The van der Waals surface area contributed by atoms with Crippen molar-refractivity contribution < 1.29 is 9.53 Å². The van der Waals surface area contributed by atoms with Crippen molar-refractivity contribution >= 4 is 5.91 Å². The Morgan fingerprint density at radius 3 is 2.30 bits per heavy atom. The van der Waals surface area contributed by atoms with Gasteiger partial charge in [-0.1, -0.05) is 38.5 Å². The smallest absolute Gasteiger partial charge is 0.234 e. The van der Waals surface area contributed by atoms with Gasteiger partial charge in [0.15, 0.2) is 0 Å². The van der Waals surface area contributed by atoms with Crippen molar-refractivity contribution in [1.29, 1.82) is 0 Å². The third kappa shape index (κ3) is 6.23. The maximum Gasteiger partial charge on any atom is 0.234 e. The van der Waals surface area contributed by atoms with Gasteiger partial charge in [0.1, 0.15) is 0 Å². The van der Waals surface area contributed by atoms with E-state index in [2.05, 4.69) is 10.6 Å². The minimum atomic E-state index is 0.134. The summed E-state index contributed by atoms with van der Waals surface area (Å²) < 4.78 is 5.82. The van der Waals surface area contributed by atoms with Crippen LogP contribution >= 0.6 is 0 Å². The van der Waals surface area contributed by atoms with Crippen molar-refractivity contribution in [1.82, 2.24) is 10.6 Å². The van der Waals surface area contributed by atoms with Gasteiger partial charge in [-0.3, -0.25) is 4.79 Å². The molecule has 0 radical (unpaired) electrons. The van der Waals surface area contributed by atoms with E-state index < -0.39 is 0 Å². The summed E-state index contributed by atoms with van der Waals surface area (Å²) in [7, 11) is 0. The van der Waals surface area contributed by atoms with Crippen LogP contribution in [0, 0.1) is 0 Å². The van der Waals surface area contributed by atoms with E-state index in [-0.39, 0.29) is 5.91 Å². The number of rotatable bonds is 7. The van der Waals surface area contributed by atoms with E-state index in [0.29, 0.717) is 18.7 Å². The Kier molecular flexibility index (Phi) is 7.37. The van der Waals surface area contributed by atoms with Crippen LogP contribution in [0.1, 0.15) is 64.2 Å². The first kappa shape index (κ1) is 15.8. The van der Waals surface area contributed by atoms with E-state index in [9.17, 15) is 4.79 Å². The lowest BCUT2D eigenvalue weighted by atomic mass is 9.95. The molecule has 0 spiro atoms. The second-order valence-corrected chi connectivity index (χ2v) is 6.21. The molecule has 0 aromatic rings. The Labute approximate surface area is 123 Å². The fourth-order valence-corrected chi connectivity index (χ4v) is 3.26. The molecule has 0 unspecified atom stereocenters. The first-order valence-corrected chi connectivity index (χ1v) is 8.46. The summed E-state index contributed by atoms with van der Waals surface area (Å²) in [6, 6.07) is 0.413. The SMILES string of the molecule is O=C(CNCCOC1CCCCC1)NC1CCCCC1. The molecule has 2 aliphatic rings. The van der Waals surface area contributed by atoms with Crippen LogP contribution in [-0.2, 0) is 9.53 Å². The van der Waals surface area contributed by atoms with Gasteiger partial charge in [-0.25, -0.2) is 0 Å². The zero-order valence-corrected chi connectivity index (χ0v) is 12.7. The number of ether oxygens (including phenoxy) is 1. The Hall–Kier alpha value is -0.610. The largest absolute Gasteiger partial charge is 0.377 e. The van der Waals surface area contributed by atoms with E-state index in [1.165, 1.54) is 51.4 Å². The van der Waals surface area contributed by atoms with Gasteiger partial charge in [0.25, 0.3) is 0 Å². The number of hydrogen-bond donors (Lipinski definition) is 2. The molecule has 0 aromatic carbocycles. The van der Waals surface area contributed by atoms with Crippen molar-refractivity contribution in [3.63, 3.8) is 0 Å². The summed E-state index contributed by atoms with van der Waals surface area (Å²) in [6.07, 6.45) is 13.0. The number of amides is 1. The van der Waals surface area contributed by atoms with Crippen LogP contribution in [0.3, 0.4) is 0 Å². The van der Waals surface area contributed by atoms with E-state index >= 15 is 0 Å². The highest BCUT2D eigenvalue weighted by Crippen LogP contribution is 2.20. The maximum atomic E-state index is 11.8. The maximum absolute atomic E-state index is 11.8. The molecule has 0 aliphatic heterocycles. The van der Waals surface area contributed by atoms with E-state index in [4.69, 9.17) is 4.74 Å². The van der Waals surface area contributed by atoms with Crippen molar-refractivity contribution in [3.8, 4) is 0 Å². The molecule has 1 amide bonds. The molecule has 2 N–H and O–H groups in total. The number of nitrogens with one attached hydrogen (secondary N) is 2. The minimum Gasteiger partial charge on any atom is -0.377 e. The molecule has 0 atom stereocenters. The first-order chi connectivity index (χ1) is 9.84. The quantitative estimate of drug-likeness (QED) is 0.705. The summed E-state index contributed by atoms with van der Waals surface area (Å²) in [5.74, 6) is 0.134. The fraction of sp³-hybridized carbons (Fsp3) is 0.938. The third-order valence-electron chi connectivity index (χ3n) is 4.44. The van der Waals surface area contributed by atoms with E-state index in [1.54, 1.807) is 0 Å². The average Bonchev–Trinajstić information content (AvgIpc) is 2.49. The lowest BCUT2D eigenvalue weighted by Gasteiger charge is -2.23. The van der Waals surface area contributed by atoms with Gasteiger partial charge in [0.2, 0.25) is 5.91 Å². The summed E-state index contributed by atoms with van der Waals surface area (Å²) in [4.78, 5) is 11.8. The highest BCUT2D eigenvalue weighted by atomic mass is 16.5. The molecule has 2 fully saturated rings. The Morgan fingerprint density at radius 1 is 0.950 bits per heavy atom. The van der Waals surface area contributed by atoms with E-state index in [0.717, 1.165) is 26.0 Å². The molecular weight excluding hydrogens is 252 g/mol. The zero-order valence-electron chi connectivity index (χ0n) is 12.7. The standard InChI is InChI=1S/C16H30N2O2/c19-16(18-14-7-3-1-4-8-14)13-17-11-12-20-15-9-5-2-6-10-15/h14-15,17H,1-13H2,(H,18,19). The third-order valence-corrected chi connectivity index (χ3v) is 4.44. The van der Waals surface area contributed by atoms with Crippen LogP contribution in [0.2, 0.25) is 0 Å². The van der Waals surface area contributed by atoms with Gasteiger partial charge in [-0.15, -0.1) is 0 Å². The number of carbonyl (C=O) groups is 1. The van der Waals surface area contributed by atoms with Crippen LogP contribution < -0.4 is 10.6 Å². The molecule has 2 rings (SSSR count). The van der Waals surface area contributed by atoms with E-state index in [1.807, 2.05) is 0 Å². The van der Waals surface area contributed by atoms with Crippen LogP contribution in [0.15, 0.2) is 0 Å². The van der Waals surface area contributed by atoms with Gasteiger partial charge in [0, 0.05) is 12.6 Å². The monoisotopic (exact) mass is 282 g/mol. The highest BCUT2D eigenvalue weighted by Gasteiger charge is 2.15. The molecule has 0 heterocycles. The molecule has 116 valence electrons. The summed E-state index contributed by atoms with van der Waals surface area (Å²) in [6.45, 7) is 1.92. The van der Waals surface area contributed by atoms with Crippen molar-refractivity contribution in [3.05, 3.63) is 0 Å². The van der Waals surface area contributed by atoms with Gasteiger partial charge >= 0.3 is 0 Å². The molecule has 4 heteroatoms. The molecular formula is C16H30N2O2. The Bertz CT molecular complexity index is 272. The van der Waals surface area contributed by atoms with Crippen LogP contribution in [0.25, 0.3) is 0 Å². The molecule has 20 heavy (non-hydrogen) atoms. The predicted molar refractivity (Wildman–Crippen MR) is 80.7 cm³/mol. The van der Waals surface area contributed by atoms with Crippen molar-refractivity contribution in [2.24, 2.45) is 0 Å². The lowest BCUT2D eigenvalue weighted by molar-refractivity contribution is -0.121. The van der Waals surface area contributed by atoms with Crippen LogP contribution in [-0.4, -0.2) is 37.7 Å². The van der Waals surface area contributed by atoms with Gasteiger partial charge < -0.3 is 15.4 Å². The fourth-order valence-electron chi connectivity index (χ4n) is 3.26. The van der Waals surface area contributed by atoms with Crippen molar-refractivity contribution in [2.75, 3.05) is 19.7 Å². The lowest BCUT2D eigenvalue weighted by Crippen LogP contribution is -2.42. The van der Waals surface area contributed by atoms with Gasteiger partial charge in [-0.05, 0) is 25.7 Å². The van der Waals surface area contributed by atoms with Crippen molar-refractivity contribution in [2.45, 2.75) is 76.4 Å². The number of carbonyl (C=O) groups excluding carboxylic acids is 1. The normalized spacial score (nSPS) is 21.8. The van der Waals surface area contributed by atoms with Gasteiger partial charge in [0.05, 0.1) is 19.3 Å². The molecule has 0 aromatic heterocycles. The second kappa shape index (κ2) is 9.35. The average molecular weight is 282 g/mol. The summed E-state index contributed by atoms with van der Waals surface area (Å²) >= 11 is 0. The minimum absolute atomic E-state index is 0.134. The Morgan fingerprint density at radius 2 is 1.60 bits per heavy atom. The zero-order chi connectivity index (χ0) is 14.0. The molecule has 0 saturated heterocycles. The van der Waals surface area contributed by atoms with Crippen LogP contribution in [0.5, 0.6) is 0 Å². The first-order valence-electron chi connectivity index (χ1n) is 8.46. The Balaban J connectivity index is 1.44. The predicted octanol–water partition coefficient (Wildman–Crippen LogP) is 2.37. The number of hydrogen-bond acceptors (Lipinski definition) is 3. The second-order valence-electron chi connectivity index (χ2n) is 6.21. The van der Waals surface area contributed by atoms with Crippen LogP contribution in [0.4, 0.5) is 0 Å². The summed E-state index contributed by atoms with van der Waals surface area (Å²) in [5.41, 5.74) is 0. The molecule has 2 aliphatic carbocycles. The highest BCUT2D eigenvalue weighted by molar-refractivity contribution is 5.78. The molecule has 0 bridgehead atoms.